The molecule has 2 fully saturated rings. The van der Waals surface area contributed by atoms with Crippen LogP contribution >= 0.6 is 23.4 Å². The molecule has 3 aliphatic rings. The molecule has 0 radical (unpaired) electrons. The van der Waals surface area contributed by atoms with Crippen molar-refractivity contribution in [2.45, 2.75) is 51.4 Å². The summed E-state index contributed by atoms with van der Waals surface area (Å²) in [5, 5.41) is 11.5. The number of imidazole rings is 1. The molecule has 10 nitrogen and oxygen atoms in total. The second kappa shape index (κ2) is 18.5. The van der Waals surface area contributed by atoms with Gasteiger partial charge in [0.15, 0.2) is 11.5 Å². The van der Waals surface area contributed by atoms with Crippen molar-refractivity contribution in [2.24, 2.45) is 7.05 Å². The maximum Gasteiger partial charge on any atom is 0.278 e. The average Bonchev–Trinajstić information content (AvgIpc) is 3.82. The van der Waals surface area contributed by atoms with Gasteiger partial charge in [0.1, 0.15) is 17.9 Å². The molecule has 6 aromatic rings. The molecule has 1 atom stereocenters. The quantitative estimate of drug-likeness (QED) is 0.159. The fourth-order valence-corrected chi connectivity index (χ4v) is 7.12. The van der Waals surface area contributed by atoms with Gasteiger partial charge >= 0.3 is 0 Å². The first-order valence-corrected chi connectivity index (χ1v) is 20.8. The predicted octanol–water partition coefficient (Wildman–Crippen LogP) is 9.50. The Morgan fingerprint density at radius 3 is 2.43 bits per heavy atom. The summed E-state index contributed by atoms with van der Waals surface area (Å²) in [5.41, 5.74) is 7.25. The van der Waals surface area contributed by atoms with Gasteiger partial charge in [-0.25, -0.2) is 9.37 Å². The third-order valence-electron chi connectivity index (χ3n) is 10.2. The number of aryl methyl sites for hydroxylation is 2. The van der Waals surface area contributed by atoms with Gasteiger partial charge in [-0.1, -0.05) is 23.7 Å². The number of aromatic nitrogens is 4. The standard InChI is InChI=1S/C29H30ClFN4O2.C9H8N2O.C3H6O.C2H6S/c1-29(22-9-7-19(30)15-23(22)31)36-26-6-4-5-21(28(26)37-29)18-11-13-35(14-12-18)17-27-33-24-16-20(32-2)8-10-25(24)34(27)3;1-6-8-4-7(5-12)2-3-9(8)11-10-6;1-2-4-3-1;1-3-2/h4-10,15-16,18,32H,11-14,17H2,1-3H3;2-5H,1H3,(H,10,11);1-3H2;1-2H3. The molecule has 13 heteroatoms. The monoisotopic (exact) mass is 800 g/mol. The van der Waals surface area contributed by atoms with Crippen molar-refractivity contribution in [3.63, 3.8) is 0 Å². The van der Waals surface area contributed by atoms with E-state index in [2.05, 4.69) is 56.3 Å². The van der Waals surface area contributed by atoms with Gasteiger partial charge in [0, 0.05) is 67.1 Å². The molecule has 56 heavy (non-hydrogen) atoms. The number of hydrogen-bond donors (Lipinski definition) is 2. The number of carbonyl (C=O) groups excluding carboxylic acids is 1. The molecule has 0 saturated carbocycles. The van der Waals surface area contributed by atoms with E-state index in [1.807, 2.05) is 50.7 Å². The van der Waals surface area contributed by atoms with Crippen LogP contribution in [-0.2, 0) is 24.1 Å². The Hall–Kier alpha value is -4.62. The van der Waals surface area contributed by atoms with Gasteiger partial charge in [-0.2, -0.15) is 16.9 Å². The Kier molecular flexibility index (Phi) is 13.6. The summed E-state index contributed by atoms with van der Waals surface area (Å²) >= 11 is 7.71. The third kappa shape index (κ3) is 9.32. The van der Waals surface area contributed by atoms with Crippen LogP contribution in [0.25, 0.3) is 21.9 Å². The van der Waals surface area contributed by atoms with Crippen molar-refractivity contribution in [3.05, 3.63) is 112 Å². The van der Waals surface area contributed by atoms with Crippen LogP contribution < -0.4 is 14.8 Å². The number of para-hydroxylation sites is 1. The largest absolute Gasteiger partial charge is 0.444 e. The van der Waals surface area contributed by atoms with E-state index in [1.54, 1.807) is 36.9 Å². The summed E-state index contributed by atoms with van der Waals surface area (Å²) < 4.78 is 34.1. The smallest absolute Gasteiger partial charge is 0.278 e. The summed E-state index contributed by atoms with van der Waals surface area (Å²) in [6.07, 6.45) is 8.20. The number of fused-ring (bicyclic) bond motifs is 3. The highest BCUT2D eigenvalue weighted by molar-refractivity contribution is 7.97. The number of aldehydes is 1. The zero-order chi connectivity index (χ0) is 39.8. The second-order valence-electron chi connectivity index (χ2n) is 14.2. The number of thioether (sulfide) groups is 1. The molecule has 3 aliphatic heterocycles. The second-order valence-corrected chi connectivity index (χ2v) is 15.4. The predicted molar refractivity (Wildman–Crippen MR) is 225 cm³/mol. The number of nitrogens with zero attached hydrogens (tertiary/aromatic N) is 4. The molecule has 0 amide bonds. The number of ether oxygens (including phenoxy) is 3. The number of hydrogen-bond acceptors (Lipinski definition) is 9. The van der Waals surface area contributed by atoms with Crippen LogP contribution in [0.1, 0.15) is 65.1 Å². The van der Waals surface area contributed by atoms with Crippen LogP contribution in [0.2, 0.25) is 5.02 Å². The SMILES string of the molecule is C1COC1.CNc1ccc2c(c1)nc(CN1CCC(c3cccc4c3OC(C)(c3ccc(Cl)cc3F)O4)CC1)n2C.CSC.Cc1[nH]nc2ccc(C=O)cc12. The zero-order valence-electron chi connectivity index (χ0n) is 32.8. The minimum absolute atomic E-state index is 0.332. The fourth-order valence-electron chi connectivity index (χ4n) is 6.96. The van der Waals surface area contributed by atoms with E-state index in [4.69, 9.17) is 30.8 Å². The number of likely N-dealkylation sites (tertiary alicyclic amines) is 1. The molecule has 296 valence electrons. The number of H-pyrrole nitrogens is 1. The Labute approximate surface area is 337 Å². The lowest BCUT2D eigenvalue weighted by molar-refractivity contribution is -0.0712. The number of anilines is 1. The van der Waals surface area contributed by atoms with Gasteiger partial charge < -0.3 is 24.1 Å². The number of benzene rings is 4. The van der Waals surface area contributed by atoms with Crippen molar-refractivity contribution in [1.29, 1.82) is 0 Å². The van der Waals surface area contributed by atoms with E-state index in [-0.39, 0.29) is 0 Å². The highest BCUT2D eigenvalue weighted by Gasteiger charge is 2.43. The lowest BCUT2D eigenvalue weighted by Gasteiger charge is -2.32. The van der Waals surface area contributed by atoms with Gasteiger partial charge in [-0.3, -0.25) is 14.8 Å². The molecule has 0 bridgehead atoms. The highest BCUT2D eigenvalue weighted by atomic mass is 35.5. The lowest BCUT2D eigenvalue weighted by Crippen LogP contribution is -2.34. The molecular formula is C43H50ClFN6O4S. The first-order chi connectivity index (χ1) is 27.1. The number of piperidine rings is 1. The zero-order valence-corrected chi connectivity index (χ0v) is 34.4. The number of nitrogens with one attached hydrogen (secondary N) is 2. The van der Waals surface area contributed by atoms with E-state index in [1.165, 1.54) is 12.5 Å². The van der Waals surface area contributed by atoms with Crippen molar-refractivity contribution in [3.8, 4) is 11.5 Å². The molecule has 0 spiro atoms. The van der Waals surface area contributed by atoms with E-state index in [0.717, 1.165) is 96.7 Å². The summed E-state index contributed by atoms with van der Waals surface area (Å²) in [4.78, 5) is 17.8. The number of halogens is 2. The van der Waals surface area contributed by atoms with Crippen LogP contribution in [0.4, 0.5) is 10.1 Å². The van der Waals surface area contributed by atoms with Gasteiger partial charge in [0.2, 0.25) is 0 Å². The van der Waals surface area contributed by atoms with E-state index in [0.29, 0.717) is 33.6 Å². The van der Waals surface area contributed by atoms with Crippen molar-refractivity contribution in [1.82, 2.24) is 24.6 Å². The minimum atomic E-state index is -1.23. The lowest BCUT2D eigenvalue weighted by atomic mass is 9.88. The van der Waals surface area contributed by atoms with Gasteiger partial charge in [-0.05, 0) is 118 Å². The maximum absolute atomic E-state index is 14.7. The molecule has 2 N–H and O–H groups in total. The molecule has 0 aliphatic carbocycles. The Morgan fingerprint density at radius 2 is 1.77 bits per heavy atom. The van der Waals surface area contributed by atoms with Crippen LogP contribution in [0, 0.1) is 12.7 Å². The number of carbonyl (C=O) groups is 1. The Balaban J connectivity index is 0.000000228. The summed E-state index contributed by atoms with van der Waals surface area (Å²) in [6, 6.07) is 22.3. The Bertz CT molecular complexity index is 2260. The molecule has 2 aromatic heterocycles. The summed E-state index contributed by atoms with van der Waals surface area (Å²) in [7, 11) is 4.01. The van der Waals surface area contributed by atoms with E-state index >= 15 is 0 Å². The fraction of sp³-hybridized carbons (Fsp3) is 0.372. The van der Waals surface area contributed by atoms with Gasteiger partial charge in [-0.15, -0.1) is 0 Å². The third-order valence-corrected chi connectivity index (χ3v) is 10.4. The molecule has 1 unspecified atom stereocenters. The maximum atomic E-state index is 14.7. The van der Waals surface area contributed by atoms with E-state index < -0.39 is 11.6 Å². The normalized spacial score (nSPS) is 17.5. The van der Waals surface area contributed by atoms with E-state index in [9.17, 15) is 9.18 Å². The molecule has 4 aromatic carbocycles. The van der Waals surface area contributed by atoms with Crippen molar-refractivity contribution in [2.75, 3.05) is 51.2 Å². The summed E-state index contributed by atoms with van der Waals surface area (Å²) in [5.74, 6) is 1.10. The van der Waals surface area contributed by atoms with Crippen LogP contribution in [-0.4, -0.2) is 76.8 Å². The molecule has 5 heterocycles. The summed E-state index contributed by atoms with van der Waals surface area (Å²) in [6.45, 7) is 8.42. The van der Waals surface area contributed by atoms with Crippen LogP contribution in [0.3, 0.4) is 0 Å². The first-order valence-electron chi connectivity index (χ1n) is 18.8. The highest BCUT2D eigenvalue weighted by Crippen LogP contribution is 2.50. The topological polar surface area (TPSA) is 107 Å². The van der Waals surface area contributed by atoms with Crippen molar-refractivity contribution >= 4 is 57.3 Å². The number of rotatable bonds is 6. The Morgan fingerprint density at radius 1 is 1.04 bits per heavy atom. The molecular weight excluding hydrogens is 751 g/mol. The molecule has 9 rings (SSSR count). The van der Waals surface area contributed by atoms with Crippen LogP contribution in [0.5, 0.6) is 11.5 Å². The number of aromatic amines is 1. The average molecular weight is 801 g/mol. The van der Waals surface area contributed by atoms with Gasteiger partial charge in [0.05, 0.1) is 28.7 Å². The van der Waals surface area contributed by atoms with Crippen molar-refractivity contribution < 1.29 is 23.4 Å². The van der Waals surface area contributed by atoms with Crippen LogP contribution in [0.15, 0.2) is 72.8 Å². The van der Waals surface area contributed by atoms with Gasteiger partial charge in [0.25, 0.3) is 5.79 Å². The first kappa shape index (κ1) is 41.0. The minimum Gasteiger partial charge on any atom is -0.444 e. The molecule has 2 saturated heterocycles.